The van der Waals surface area contributed by atoms with Gasteiger partial charge in [-0.15, -0.1) is 0 Å². The molecule has 3 atom stereocenters. The highest BCUT2D eigenvalue weighted by molar-refractivity contribution is 5.72. The van der Waals surface area contributed by atoms with Crippen LogP contribution in [-0.2, 0) is 14.3 Å². The van der Waals surface area contributed by atoms with E-state index in [1.807, 2.05) is 13.8 Å². The van der Waals surface area contributed by atoms with Crippen molar-refractivity contribution < 1.29 is 19.4 Å². The summed E-state index contributed by atoms with van der Waals surface area (Å²) in [5, 5.41) is 11.7. The van der Waals surface area contributed by atoms with E-state index in [4.69, 9.17) is 14.6 Å². The van der Waals surface area contributed by atoms with Crippen molar-refractivity contribution >= 4 is 5.91 Å². The molecule has 0 aromatic rings. The largest absolute Gasteiger partial charge is 0.396 e. The Kier molecular flexibility index (Phi) is 8.13. The number of nitrogens with one attached hydrogen (secondary N) is 1. The molecule has 1 amide bonds. The predicted molar refractivity (Wildman–Crippen MR) is 97.3 cm³/mol. The van der Waals surface area contributed by atoms with E-state index in [-0.39, 0.29) is 24.2 Å². The first kappa shape index (κ1) is 20.6. The first-order chi connectivity index (χ1) is 11.9. The van der Waals surface area contributed by atoms with Gasteiger partial charge >= 0.3 is 0 Å². The summed E-state index contributed by atoms with van der Waals surface area (Å²) in [5.41, 5.74) is 0. The number of aliphatic hydroxyl groups is 1. The third-order valence-electron chi connectivity index (χ3n) is 5.15. The van der Waals surface area contributed by atoms with Crippen LogP contribution in [0.5, 0.6) is 0 Å². The molecule has 25 heavy (non-hydrogen) atoms. The summed E-state index contributed by atoms with van der Waals surface area (Å²) in [5.74, 6) is -0.519. The van der Waals surface area contributed by atoms with E-state index in [9.17, 15) is 4.79 Å². The molecule has 2 N–H and O–H groups in total. The predicted octanol–water partition coefficient (Wildman–Crippen LogP) is 2.05. The fraction of sp³-hybridized carbons (Fsp3) is 0.947. The molecule has 2 rings (SSSR count). The summed E-state index contributed by atoms with van der Waals surface area (Å²) < 4.78 is 12.1. The molecule has 0 aliphatic carbocycles. The molecule has 0 radical (unpaired) electrons. The van der Waals surface area contributed by atoms with Gasteiger partial charge in [-0.05, 0) is 33.2 Å². The molecular weight excluding hydrogens is 320 g/mol. The van der Waals surface area contributed by atoms with Gasteiger partial charge in [0.05, 0.1) is 6.04 Å². The van der Waals surface area contributed by atoms with Crippen LogP contribution in [0.1, 0.15) is 65.7 Å². The Morgan fingerprint density at radius 1 is 1.12 bits per heavy atom. The van der Waals surface area contributed by atoms with Crippen molar-refractivity contribution in [2.75, 3.05) is 26.2 Å². The van der Waals surface area contributed by atoms with Gasteiger partial charge in [0.2, 0.25) is 5.91 Å². The Hall–Kier alpha value is -0.690. The van der Waals surface area contributed by atoms with Crippen molar-refractivity contribution in [2.45, 2.75) is 89.8 Å². The zero-order chi connectivity index (χ0) is 18.3. The van der Waals surface area contributed by atoms with E-state index < -0.39 is 5.79 Å². The average molecular weight is 357 g/mol. The second kappa shape index (κ2) is 9.86. The van der Waals surface area contributed by atoms with Gasteiger partial charge in [0.15, 0.2) is 5.79 Å². The van der Waals surface area contributed by atoms with Gasteiger partial charge < -0.3 is 19.9 Å². The zero-order valence-electron chi connectivity index (χ0n) is 16.1. The molecule has 6 heteroatoms. The van der Waals surface area contributed by atoms with Gasteiger partial charge in [0, 0.05) is 26.6 Å². The van der Waals surface area contributed by atoms with Gasteiger partial charge in [-0.25, -0.2) is 0 Å². The number of unbranched alkanes of at least 4 members (excludes halogenated alkanes) is 6. The number of hydrogen-bond donors (Lipinski definition) is 2. The van der Waals surface area contributed by atoms with E-state index >= 15 is 0 Å². The molecule has 6 nitrogen and oxygen atoms in total. The van der Waals surface area contributed by atoms with Gasteiger partial charge in [0.25, 0.3) is 0 Å². The third-order valence-corrected chi connectivity index (χ3v) is 5.15. The number of rotatable bonds is 11. The van der Waals surface area contributed by atoms with Gasteiger partial charge in [-0.1, -0.05) is 32.1 Å². The summed E-state index contributed by atoms with van der Waals surface area (Å²) >= 11 is 0. The minimum atomic E-state index is -0.523. The van der Waals surface area contributed by atoms with Crippen LogP contribution >= 0.6 is 0 Å². The molecule has 2 heterocycles. The molecule has 0 aromatic heterocycles. The van der Waals surface area contributed by atoms with Gasteiger partial charge in [-0.3, -0.25) is 9.69 Å². The van der Waals surface area contributed by atoms with E-state index in [2.05, 4.69) is 10.2 Å². The number of amides is 1. The normalized spacial score (nSPS) is 28.2. The van der Waals surface area contributed by atoms with Crippen LogP contribution in [0.2, 0.25) is 0 Å². The Labute approximate surface area is 152 Å². The van der Waals surface area contributed by atoms with Crippen LogP contribution in [0.25, 0.3) is 0 Å². The zero-order valence-corrected chi connectivity index (χ0v) is 16.1. The molecule has 2 aliphatic heterocycles. The average Bonchev–Trinajstić information content (AvgIpc) is 2.99. The molecule has 0 aromatic carbocycles. The first-order valence-corrected chi connectivity index (χ1v) is 9.88. The summed E-state index contributed by atoms with van der Waals surface area (Å²) in [6.07, 6.45) is 8.32. The monoisotopic (exact) mass is 356 g/mol. The number of likely N-dealkylation sites (tertiary alicyclic amines) is 1. The maximum Gasteiger partial charge on any atom is 0.216 e. The van der Waals surface area contributed by atoms with Crippen LogP contribution in [0.4, 0.5) is 0 Å². The molecular formula is C19H36N2O4. The minimum absolute atomic E-state index is 0.00412. The second-order valence-corrected chi connectivity index (χ2v) is 7.84. The molecule has 0 spiro atoms. The second-order valence-electron chi connectivity index (χ2n) is 7.84. The fourth-order valence-electron chi connectivity index (χ4n) is 3.97. The fourth-order valence-corrected chi connectivity index (χ4v) is 3.97. The highest BCUT2D eigenvalue weighted by Crippen LogP contribution is 2.36. The smallest absolute Gasteiger partial charge is 0.216 e. The first-order valence-electron chi connectivity index (χ1n) is 9.88. The maximum absolute atomic E-state index is 11.3. The SMILES string of the molecule is CC(=O)NC[C@H]1[C@H]2OC(C)(C)O[C@H]2CN1CCCCCCCCCO. The maximum atomic E-state index is 11.3. The molecule has 146 valence electrons. The Morgan fingerprint density at radius 3 is 2.40 bits per heavy atom. The third kappa shape index (κ3) is 6.51. The number of fused-ring (bicyclic) bond motifs is 1. The van der Waals surface area contributed by atoms with Gasteiger partial charge in [-0.2, -0.15) is 0 Å². The lowest BCUT2D eigenvalue weighted by atomic mass is 10.1. The van der Waals surface area contributed by atoms with E-state index in [1.165, 1.54) is 32.1 Å². The van der Waals surface area contributed by atoms with Crippen molar-refractivity contribution in [3.63, 3.8) is 0 Å². The highest BCUT2D eigenvalue weighted by Gasteiger charge is 2.52. The lowest BCUT2D eigenvalue weighted by Crippen LogP contribution is -2.46. The number of hydrogen-bond acceptors (Lipinski definition) is 5. The lowest BCUT2D eigenvalue weighted by Gasteiger charge is -2.29. The molecule has 2 fully saturated rings. The summed E-state index contributed by atoms with van der Waals surface area (Å²) in [6, 6.07) is 0.195. The van der Waals surface area contributed by atoms with Crippen LogP contribution < -0.4 is 5.32 Å². The van der Waals surface area contributed by atoms with Crippen molar-refractivity contribution in [3.8, 4) is 0 Å². The van der Waals surface area contributed by atoms with Crippen molar-refractivity contribution in [1.82, 2.24) is 10.2 Å². The van der Waals surface area contributed by atoms with E-state index in [1.54, 1.807) is 6.92 Å². The number of ether oxygens (including phenoxy) is 2. The summed E-state index contributed by atoms with van der Waals surface area (Å²) in [7, 11) is 0. The van der Waals surface area contributed by atoms with Crippen LogP contribution in [0.15, 0.2) is 0 Å². The van der Waals surface area contributed by atoms with E-state index in [0.717, 1.165) is 25.9 Å². The van der Waals surface area contributed by atoms with Crippen molar-refractivity contribution in [1.29, 1.82) is 0 Å². The Bertz CT molecular complexity index is 416. The van der Waals surface area contributed by atoms with Crippen molar-refractivity contribution in [2.24, 2.45) is 0 Å². The summed E-state index contributed by atoms with van der Waals surface area (Å²) in [4.78, 5) is 13.7. The van der Waals surface area contributed by atoms with E-state index in [0.29, 0.717) is 13.2 Å². The number of nitrogens with zero attached hydrogens (tertiary/aromatic N) is 1. The molecule has 2 aliphatic rings. The van der Waals surface area contributed by atoms with Crippen LogP contribution in [-0.4, -0.2) is 66.2 Å². The van der Waals surface area contributed by atoms with Crippen molar-refractivity contribution in [3.05, 3.63) is 0 Å². The van der Waals surface area contributed by atoms with Crippen LogP contribution in [0, 0.1) is 0 Å². The highest BCUT2D eigenvalue weighted by atomic mass is 16.8. The minimum Gasteiger partial charge on any atom is -0.396 e. The van der Waals surface area contributed by atoms with Gasteiger partial charge in [0.1, 0.15) is 12.2 Å². The number of carbonyl (C=O) groups excluding carboxylic acids is 1. The molecule has 0 bridgehead atoms. The van der Waals surface area contributed by atoms with Crippen LogP contribution in [0.3, 0.4) is 0 Å². The quantitative estimate of drug-likeness (QED) is 0.555. The molecule has 2 saturated heterocycles. The number of aliphatic hydroxyl groups excluding tert-OH is 1. The molecule has 0 unspecified atom stereocenters. The topological polar surface area (TPSA) is 71.0 Å². The Morgan fingerprint density at radius 2 is 1.76 bits per heavy atom. The summed E-state index contributed by atoms with van der Waals surface area (Å²) in [6.45, 7) is 8.33. The standard InChI is InChI=1S/C19H36N2O4/c1-15(23)20-13-16-18-17(24-19(2,3)25-18)14-21(16)11-9-7-5-4-6-8-10-12-22/h16-18,22H,4-14H2,1-3H3,(H,20,23)/t16-,17-,18+/m0/s1. The Balaban J connectivity index is 1.72. The number of carbonyl (C=O) groups is 1. The lowest BCUT2D eigenvalue weighted by molar-refractivity contribution is -0.161. The molecule has 0 saturated carbocycles.